The fourth-order valence-corrected chi connectivity index (χ4v) is 1.51. The highest BCUT2D eigenvalue weighted by Gasteiger charge is 2.19. The van der Waals surface area contributed by atoms with E-state index in [0.29, 0.717) is 5.75 Å². The van der Waals surface area contributed by atoms with Gasteiger partial charge in [-0.25, -0.2) is 9.78 Å². The Hall–Kier alpha value is -2.69. The van der Waals surface area contributed by atoms with Gasteiger partial charge in [0.2, 0.25) is 5.88 Å². The first-order valence-corrected chi connectivity index (χ1v) is 6.12. The van der Waals surface area contributed by atoms with E-state index in [1.807, 2.05) is 18.2 Å². The Kier molecular flexibility index (Phi) is 4.44. The molecule has 0 spiro atoms. The highest BCUT2D eigenvalue weighted by atomic mass is 16.5. The van der Waals surface area contributed by atoms with Gasteiger partial charge in [0.05, 0.1) is 6.61 Å². The third-order valence-corrected chi connectivity index (χ3v) is 2.38. The first-order valence-electron chi connectivity index (χ1n) is 6.12. The van der Waals surface area contributed by atoms with Crippen LogP contribution in [0.2, 0.25) is 0 Å². The van der Waals surface area contributed by atoms with Crippen LogP contribution in [0.1, 0.15) is 17.4 Å². The van der Waals surface area contributed by atoms with Gasteiger partial charge in [0.25, 0.3) is 5.78 Å². The van der Waals surface area contributed by atoms with E-state index in [1.54, 1.807) is 31.2 Å². The lowest BCUT2D eigenvalue weighted by Crippen LogP contribution is -2.18. The van der Waals surface area contributed by atoms with E-state index in [2.05, 4.69) is 9.72 Å². The van der Waals surface area contributed by atoms with E-state index in [1.165, 1.54) is 6.07 Å². The van der Waals surface area contributed by atoms with Crippen LogP contribution in [0.3, 0.4) is 0 Å². The van der Waals surface area contributed by atoms with Gasteiger partial charge in [-0.2, -0.15) is 0 Å². The Balaban J connectivity index is 2.16. The highest BCUT2D eigenvalue weighted by molar-refractivity contribution is 6.40. The van der Waals surface area contributed by atoms with Crippen LogP contribution >= 0.6 is 0 Å². The van der Waals surface area contributed by atoms with E-state index >= 15 is 0 Å². The molecule has 1 aromatic carbocycles. The molecule has 20 heavy (non-hydrogen) atoms. The number of rotatable bonds is 5. The SMILES string of the molecule is CCOC(=O)C(=O)c1cccc(Oc2ccccc2)n1. The van der Waals surface area contributed by atoms with Crippen LogP contribution in [-0.4, -0.2) is 23.3 Å². The molecule has 1 aromatic heterocycles. The highest BCUT2D eigenvalue weighted by Crippen LogP contribution is 2.18. The Morgan fingerprint density at radius 3 is 2.50 bits per heavy atom. The number of para-hydroxylation sites is 1. The summed E-state index contributed by atoms with van der Waals surface area (Å²) < 4.78 is 10.1. The molecule has 5 heteroatoms. The summed E-state index contributed by atoms with van der Waals surface area (Å²) in [4.78, 5) is 27.1. The minimum atomic E-state index is -0.920. The molecule has 0 amide bonds. The molecule has 102 valence electrons. The third kappa shape index (κ3) is 3.41. The van der Waals surface area contributed by atoms with Gasteiger partial charge < -0.3 is 9.47 Å². The number of benzene rings is 1. The number of ketones is 1. The second-order valence-electron chi connectivity index (χ2n) is 3.83. The average Bonchev–Trinajstić information content (AvgIpc) is 2.48. The fraction of sp³-hybridized carbons (Fsp3) is 0.133. The summed E-state index contributed by atoms with van der Waals surface area (Å²) in [6.45, 7) is 1.78. The van der Waals surface area contributed by atoms with Crippen molar-refractivity contribution in [3.05, 3.63) is 54.2 Å². The zero-order valence-electron chi connectivity index (χ0n) is 10.9. The molecule has 0 unspecified atom stereocenters. The van der Waals surface area contributed by atoms with Gasteiger partial charge in [-0.15, -0.1) is 0 Å². The lowest BCUT2D eigenvalue weighted by atomic mass is 10.2. The average molecular weight is 271 g/mol. The van der Waals surface area contributed by atoms with Crippen molar-refractivity contribution in [2.45, 2.75) is 6.92 Å². The molecule has 2 rings (SSSR count). The molecule has 0 saturated carbocycles. The maximum absolute atomic E-state index is 11.7. The molecule has 1 heterocycles. The zero-order valence-corrected chi connectivity index (χ0v) is 10.9. The first-order chi connectivity index (χ1) is 9.70. The van der Waals surface area contributed by atoms with Crippen LogP contribution in [0.5, 0.6) is 11.6 Å². The number of aromatic nitrogens is 1. The minimum Gasteiger partial charge on any atom is -0.460 e. The first kappa shape index (κ1) is 13.7. The van der Waals surface area contributed by atoms with Crippen molar-refractivity contribution in [2.24, 2.45) is 0 Å². The number of carbonyl (C=O) groups is 2. The van der Waals surface area contributed by atoms with Crippen molar-refractivity contribution in [1.29, 1.82) is 0 Å². The predicted molar refractivity (Wildman–Crippen MR) is 71.7 cm³/mol. The summed E-state index contributed by atoms with van der Waals surface area (Å²) in [6.07, 6.45) is 0. The van der Waals surface area contributed by atoms with E-state index < -0.39 is 11.8 Å². The largest absolute Gasteiger partial charge is 0.460 e. The van der Waals surface area contributed by atoms with Crippen molar-refractivity contribution in [3.8, 4) is 11.6 Å². The predicted octanol–water partition coefficient (Wildman–Crippen LogP) is 2.62. The smallest absolute Gasteiger partial charge is 0.381 e. The molecule has 0 aliphatic carbocycles. The molecular weight excluding hydrogens is 258 g/mol. The number of ether oxygens (including phenoxy) is 2. The molecule has 0 N–H and O–H groups in total. The number of esters is 1. The number of hydrogen-bond donors (Lipinski definition) is 0. The maximum atomic E-state index is 11.7. The molecule has 0 fully saturated rings. The van der Waals surface area contributed by atoms with Crippen molar-refractivity contribution in [2.75, 3.05) is 6.61 Å². The molecule has 0 saturated heterocycles. The van der Waals surface area contributed by atoms with Crippen molar-refractivity contribution >= 4 is 11.8 Å². The van der Waals surface area contributed by atoms with Crippen LogP contribution in [0.25, 0.3) is 0 Å². The standard InChI is InChI=1S/C15H13NO4/c1-2-19-15(18)14(17)12-9-6-10-13(16-12)20-11-7-4-3-5-8-11/h3-10H,2H2,1H3. The Morgan fingerprint density at radius 1 is 1.05 bits per heavy atom. The molecule has 0 aliphatic heterocycles. The van der Waals surface area contributed by atoms with Gasteiger partial charge in [-0.05, 0) is 25.1 Å². The number of carbonyl (C=O) groups excluding carboxylic acids is 2. The normalized spacial score (nSPS) is 9.85. The summed E-state index contributed by atoms with van der Waals surface area (Å²) in [5.74, 6) is -0.866. The van der Waals surface area contributed by atoms with Crippen molar-refractivity contribution in [3.63, 3.8) is 0 Å². The quantitative estimate of drug-likeness (QED) is 0.475. The molecule has 0 radical (unpaired) electrons. The van der Waals surface area contributed by atoms with Gasteiger partial charge in [-0.1, -0.05) is 24.3 Å². The number of Topliss-reactive ketones (excluding diaryl/α,β-unsaturated/α-hetero) is 1. The van der Waals surface area contributed by atoms with Crippen LogP contribution in [0.4, 0.5) is 0 Å². The molecule has 0 bridgehead atoms. The van der Waals surface area contributed by atoms with Crippen LogP contribution in [0.15, 0.2) is 48.5 Å². The van der Waals surface area contributed by atoms with Gasteiger partial charge in [0.15, 0.2) is 0 Å². The van der Waals surface area contributed by atoms with E-state index in [0.717, 1.165) is 0 Å². The molecule has 0 aliphatic rings. The zero-order chi connectivity index (χ0) is 14.4. The van der Waals surface area contributed by atoms with Crippen LogP contribution in [0, 0.1) is 0 Å². The lowest BCUT2D eigenvalue weighted by Gasteiger charge is -2.05. The monoisotopic (exact) mass is 271 g/mol. The molecule has 5 nitrogen and oxygen atoms in total. The van der Waals surface area contributed by atoms with Gasteiger partial charge in [0.1, 0.15) is 11.4 Å². The second-order valence-corrected chi connectivity index (χ2v) is 3.83. The third-order valence-electron chi connectivity index (χ3n) is 2.38. The van der Waals surface area contributed by atoms with Gasteiger partial charge in [0, 0.05) is 6.07 Å². The van der Waals surface area contributed by atoms with E-state index in [9.17, 15) is 9.59 Å². The summed E-state index contributed by atoms with van der Waals surface area (Å²) in [6, 6.07) is 13.7. The van der Waals surface area contributed by atoms with Crippen molar-refractivity contribution in [1.82, 2.24) is 4.98 Å². The lowest BCUT2D eigenvalue weighted by molar-refractivity contribution is -0.137. The van der Waals surface area contributed by atoms with E-state index in [4.69, 9.17) is 4.74 Å². The molecule has 0 atom stereocenters. The van der Waals surface area contributed by atoms with Crippen LogP contribution < -0.4 is 4.74 Å². The van der Waals surface area contributed by atoms with E-state index in [-0.39, 0.29) is 18.2 Å². The fourth-order valence-electron chi connectivity index (χ4n) is 1.51. The maximum Gasteiger partial charge on any atom is 0.381 e. The molecular formula is C15H13NO4. The summed E-state index contributed by atoms with van der Waals surface area (Å²) >= 11 is 0. The van der Waals surface area contributed by atoms with Gasteiger partial charge >= 0.3 is 5.97 Å². The summed E-state index contributed by atoms with van der Waals surface area (Å²) in [7, 11) is 0. The Labute approximate surface area is 116 Å². The Bertz CT molecular complexity index is 610. The topological polar surface area (TPSA) is 65.5 Å². The van der Waals surface area contributed by atoms with Gasteiger partial charge in [-0.3, -0.25) is 4.79 Å². The van der Waals surface area contributed by atoms with Crippen molar-refractivity contribution < 1.29 is 19.1 Å². The van der Waals surface area contributed by atoms with Crippen LogP contribution in [-0.2, 0) is 9.53 Å². The number of pyridine rings is 1. The summed E-state index contributed by atoms with van der Waals surface area (Å²) in [5, 5.41) is 0. The minimum absolute atomic E-state index is 0.00289. The summed E-state index contributed by atoms with van der Waals surface area (Å²) in [5.41, 5.74) is -0.00289. The number of nitrogens with zero attached hydrogens (tertiary/aromatic N) is 1. The number of hydrogen-bond acceptors (Lipinski definition) is 5. The molecule has 2 aromatic rings. The second kappa shape index (κ2) is 6.47. The Morgan fingerprint density at radius 2 is 1.80 bits per heavy atom.